The van der Waals surface area contributed by atoms with Crippen LogP contribution in [-0.4, -0.2) is 8.32 Å². The van der Waals surface area contributed by atoms with Gasteiger partial charge in [-0.3, -0.25) is 0 Å². The monoisotopic (exact) mass is 306 g/mol. The molecule has 0 aromatic heterocycles. The Kier molecular flexibility index (Phi) is 4.62. The molecule has 1 aromatic carbocycles. The van der Waals surface area contributed by atoms with E-state index in [0.29, 0.717) is 16.6 Å². The summed E-state index contributed by atoms with van der Waals surface area (Å²) in [5, 5.41) is 0. The number of hydrogen-bond acceptors (Lipinski definition) is 1. The fourth-order valence-corrected chi connectivity index (χ4v) is 9.18. The van der Waals surface area contributed by atoms with Crippen molar-refractivity contribution in [1.82, 2.24) is 0 Å². The molecular weight excluding hydrogens is 279 g/mol. The highest BCUT2D eigenvalue weighted by atomic mass is 28.4. The number of benzene rings is 1. The van der Waals surface area contributed by atoms with Crippen molar-refractivity contribution in [3.63, 3.8) is 0 Å². The Labute approximate surface area is 129 Å². The zero-order valence-electron chi connectivity index (χ0n) is 14.0. The van der Waals surface area contributed by atoms with Crippen molar-refractivity contribution in [2.24, 2.45) is 0 Å². The molecule has 1 nitrogen and oxygen atoms in total. The second-order valence-electron chi connectivity index (χ2n) is 6.94. The molecule has 1 unspecified atom stereocenters. The lowest BCUT2D eigenvalue weighted by molar-refractivity contribution is 0.400. The third kappa shape index (κ3) is 2.68. The van der Waals surface area contributed by atoms with E-state index in [1.54, 1.807) is 6.08 Å². The molecule has 0 spiro atoms. The van der Waals surface area contributed by atoms with Crippen molar-refractivity contribution in [3.05, 3.63) is 35.4 Å². The summed E-state index contributed by atoms with van der Waals surface area (Å²) in [4.78, 5) is 0. The Morgan fingerprint density at radius 1 is 1.00 bits per heavy atom. The normalized spacial score (nSPS) is 17.9. The second kappa shape index (κ2) is 5.96. The molecule has 0 amide bonds. The summed E-state index contributed by atoms with van der Waals surface area (Å²) >= 11 is 0. The molecular formula is C18H27FOSi. The lowest BCUT2D eigenvalue weighted by Gasteiger charge is -2.42. The van der Waals surface area contributed by atoms with Crippen molar-refractivity contribution >= 4 is 14.4 Å². The van der Waals surface area contributed by atoms with Gasteiger partial charge in [0.15, 0.2) is 0 Å². The van der Waals surface area contributed by atoms with Crippen LogP contribution in [0.15, 0.2) is 24.3 Å². The van der Waals surface area contributed by atoms with Gasteiger partial charge < -0.3 is 4.43 Å². The predicted octanol–water partition coefficient (Wildman–Crippen LogP) is 6.28. The Morgan fingerprint density at radius 3 is 2.10 bits per heavy atom. The zero-order valence-corrected chi connectivity index (χ0v) is 15.0. The van der Waals surface area contributed by atoms with Gasteiger partial charge in [0.05, 0.1) is 0 Å². The molecule has 116 valence electrons. The highest BCUT2D eigenvalue weighted by Crippen LogP contribution is 2.46. The van der Waals surface area contributed by atoms with Crippen LogP contribution in [0, 0.1) is 0 Å². The van der Waals surface area contributed by atoms with Crippen LogP contribution in [0.1, 0.15) is 58.8 Å². The van der Waals surface area contributed by atoms with Crippen molar-refractivity contribution in [1.29, 1.82) is 0 Å². The summed E-state index contributed by atoms with van der Waals surface area (Å²) in [5.41, 5.74) is 3.14. The van der Waals surface area contributed by atoms with Gasteiger partial charge in [0.2, 0.25) is 0 Å². The molecule has 0 radical (unpaired) electrons. The first-order chi connectivity index (χ1) is 9.80. The predicted molar refractivity (Wildman–Crippen MR) is 91.0 cm³/mol. The molecule has 0 fully saturated rings. The summed E-state index contributed by atoms with van der Waals surface area (Å²) in [6, 6.07) is 5.87. The van der Waals surface area contributed by atoms with Crippen molar-refractivity contribution < 1.29 is 8.82 Å². The Bertz CT molecular complexity index is 512. The molecule has 0 heterocycles. The van der Waals surface area contributed by atoms with Gasteiger partial charge in [-0.2, -0.15) is 0 Å². The van der Waals surface area contributed by atoms with Gasteiger partial charge in [-0.05, 0) is 34.3 Å². The molecule has 3 heteroatoms. The van der Waals surface area contributed by atoms with Gasteiger partial charge in [-0.25, -0.2) is 4.39 Å². The topological polar surface area (TPSA) is 9.23 Å². The van der Waals surface area contributed by atoms with E-state index in [1.165, 1.54) is 0 Å². The smallest absolute Gasteiger partial charge is 0.258 e. The minimum atomic E-state index is -2.04. The van der Waals surface area contributed by atoms with E-state index in [0.717, 1.165) is 16.9 Å². The first-order valence-electron chi connectivity index (χ1n) is 7.94. The summed E-state index contributed by atoms with van der Waals surface area (Å²) in [6.45, 7) is 13.5. The van der Waals surface area contributed by atoms with Gasteiger partial charge in [-0.15, -0.1) is 0 Å². The number of alkyl halides is 1. The maximum Gasteiger partial charge on any atom is 0.258 e. The lowest BCUT2D eigenvalue weighted by atomic mass is 10.1. The lowest BCUT2D eigenvalue weighted by Crippen LogP contribution is -2.50. The minimum Gasteiger partial charge on any atom is -0.542 e. The minimum absolute atomic E-state index is 0.487. The first kappa shape index (κ1) is 16.3. The standard InChI is InChI=1S/C18H27FOSi/c1-12(2)21(13(3)4,14(5)6)20-17-9-7-8-15-10-11-16(19)18(15)17/h7-14,16H,1-6H3. The van der Waals surface area contributed by atoms with Crippen molar-refractivity contribution in [2.45, 2.75) is 64.3 Å². The van der Waals surface area contributed by atoms with Gasteiger partial charge >= 0.3 is 0 Å². The molecule has 1 aliphatic carbocycles. The summed E-state index contributed by atoms with van der Waals surface area (Å²) in [6.07, 6.45) is 2.44. The molecule has 1 atom stereocenters. The molecule has 21 heavy (non-hydrogen) atoms. The van der Waals surface area contributed by atoms with Crippen LogP contribution in [0.5, 0.6) is 5.75 Å². The maximum atomic E-state index is 14.2. The van der Waals surface area contributed by atoms with E-state index in [1.807, 2.05) is 24.3 Å². The van der Waals surface area contributed by atoms with Crippen LogP contribution in [0.2, 0.25) is 16.6 Å². The Morgan fingerprint density at radius 2 is 1.57 bits per heavy atom. The Balaban J connectivity index is 2.47. The molecule has 0 bridgehead atoms. The second-order valence-corrected chi connectivity index (χ2v) is 12.3. The molecule has 1 aromatic rings. The van der Waals surface area contributed by atoms with E-state index in [9.17, 15) is 4.39 Å². The summed E-state index contributed by atoms with van der Waals surface area (Å²) in [5.74, 6) is 0.757. The quantitative estimate of drug-likeness (QED) is 0.582. The van der Waals surface area contributed by atoms with Crippen LogP contribution in [-0.2, 0) is 0 Å². The summed E-state index contributed by atoms with van der Waals surface area (Å²) in [7, 11) is -2.04. The van der Waals surface area contributed by atoms with Gasteiger partial charge in [0.25, 0.3) is 8.32 Å². The molecule has 0 saturated carbocycles. The third-order valence-corrected chi connectivity index (χ3v) is 10.8. The van der Waals surface area contributed by atoms with E-state index in [-0.39, 0.29) is 0 Å². The highest BCUT2D eigenvalue weighted by Gasteiger charge is 2.47. The van der Waals surface area contributed by atoms with Crippen LogP contribution < -0.4 is 4.43 Å². The highest BCUT2D eigenvalue weighted by molar-refractivity contribution is 6.78. The zero-order chi connectivity index (χ0) is 15.8. The largest absolute Gasteiger partial charge is 0.542 e. The van der Waals surface area contributed by atoms with Crippen LogP contribution in [0.3, 0.4) is 0 Å². The third-order valence-electron chi connectivity index (χ3n) is 4.81. The van der Waals surface area contributed by atoms with Crippen molar-refractivity contribution in [2.75, 3.05) is 0 Å². The van der Waals surface area contributed by atoms with Gasteiger partial charge in [0.1, 0.15) is 11.9 Å². The Hall–Kier alpha value is -1.09. The number of hydrogen-bond donors (Lipinski definition) is 0. The van der Waals surface area contributed by atoms with Crippen molar-refractivity contribution in [3.8, 4) is 5.75 Å². The number of rotatable bonds is 5. The van der Waals surface area contributed by atoms with E-state index in [2.05, 4.69) is 41.5 Å². The fraction of sp³-hybridized carbons (Fsp3) is 0.556. The molecule has 1 aliphatic rings. The van der Waals surface area contributed by atoms with Crippen LogP contribution >= 0.6 is 0 Å². The maximum absolute atomic E-state index is 14.2. The van der Waals surface area contributed by atoms with E-state index >= 15 is 0 Å². The fourth-order valence-electron chi connectivity index (χ4n) is 3.92. The SMILES string of the molecule is CC(C)[Si](Oc1cccc2c1C(F)C=C2)(C(C)C)C(C)C. The molecule has 0 aliphatic heterocycles. The van der Waals surface area contributed by atoms with E-state index in [4.69, 9.17) is 4.43 Å². The summed E-state index contributed by atoms with van der Waals surface area (Å²) < 4.78 is 20.9. The van der Waals surface area contributed by atoms with Crippen LogP contribution in [0.4, 0.5) is 4.39 Å². The van der Waals surface area contributed by atoms with E-state index < -0.39 is 14.5 Å². The average molecular weight is 306 g/mol. The van der Waals surface area contributed by atoms with Gasteiger partial charge in [-0.1, -0.05) is 59.8 Å². The number of fused-ring (bicyclic) bond motifs is 1. The number of halogens is 1. The van der Waals surface area contributed by atoms with Crippen LogP contribution in [0.25, 0.3) is 6.08 Å². The first-order valence-corrected chi connectivity index (χ1v) is 10.1. The average Bonchev–Trinajstić information content (AvgIpc) is 2.77. The molecule has 0 saturated heterocycles. The molecule has 0 N–H and O–H groups in total. The van der Waals surface area contributed by atoms with Gasteiger partial charge in [0, 0.05) is 5.56 Å². The number of allylic oxidation sites excluding steroid dienone is 1. The molecule has 2 rings (SSSR count).